The van der Waals surface area contributed by atoms with E-state index in [-0.39, 0.29) is 0 Å². The van der Waals surface area contributed by atoms with Crippen LogP contribution >= 0.6 is 0 Å². The van der Waals surface area contributed by atoms with Gasteiger partial charge in [-0.2, -0.15) is 0 Å². The predicted octanol–water partition coefficient (Wildman–Crippen LogP) is 2.45. The van der Waals surface area contributed by atoms with Crippen molar-refractivity contribution in [2.24, 2.45) is 0 Å². The second-order valence-electron chi connectivity index (χ2n) is 7.72. The fraction of sp³-hybridized carbons (Fsp3) is 0.632. The maximum absolute atomic E-state index is 4.62. The third kappa shape index (κ3) is 3.90. The van der Waals surface area contributed by atoms with Gasteiger partial charge in [0.1, 0.15) is 11.6 Å². The number of rotatable bonds is 6. The van der Waals surface area contributed by atoms with Crippen LogP contribution in [0.3, 0.4) is 0 Å². The Labute approximate surface area is 149 Å². The highest BCUT2D eigenvalue weighted by Gasteiger charge is 2.33. The van der Waals surface area contributed by atoms with Crippen molar-refractivity contribution in [3.63, 3.8) is 0 Å². The molecule has 6 nitrogen and oxygen atoms in total. The van der Waals surface area contributed by atoms with Gasteiger partial charge in [-0.25, -0.2) is 0 Å². The maximum atomic E-state index is 4.62. The fourth-order valence-electron chi connectivity index (χ4n) is 3.83. The smallest absolute Gasteiger partial charge is 0.147 e. The van der Waals surface area contributed by atoms with Crippen molar-refractivity contribution in [1.29, 1.82) is 0 Å². The van der Waals surface area contributed by atoms with Crippen LogP contribution in [0.1, 0.15) is 54.9 Å². The molecule has 134 valence electrons. The molecule has 0 amide bonds. The molecule has 0 bridgehead atoms. The summed E-state index contributed by atoms with van der Waals surface area (Å²) >= 11 is 0. The van der Waals surface area contributed by atoms with Crippen LogP contribution in [0.4, 0.5) is 0 Å². The van der Waals surface area contributed by atoms with Crippen LogP contribution in [-0.2, 0) is 13.1 Å². The first-order chi connectivity index (χ1) is 12.2. The topological polar surface area (TPSA) is 50.1 Å². The van der Waals surface area contributed by atoms with Gasteiger partial charge >= 0.3 is 0 Å². The molecule has 0 radical (unpaired) electrons. The molecule has 0 aromatic carbocycles. The van der Waals surface area contributed by atoms with Crippen LogP contribution in [-0.4, -0.2) is 56.7 Å². The number of hydrogen-bond donors (Lipinski definition) is 0. The van der Waals surface area contributed by atoms with Crippen LogP contribution < -0.4 is 0 Å². The average molecular weight is 340 g/mol. The Morgan fingerprint density at radius 3 is 2.40 bits per heavy atom. The molecule has 25 heavy (non-hydrogen) atoms. The zero-order chi connectivity index (χ0) is 17.2. The average Bonchev–Trinajstić information content (AvgIpc) is 3.37. The van der Waals surface area contributed by atoms with E-state index < -0.39 is 0 Å². The van der Waals surface area contributed by atoms with Gasteiger partial charge in [0.15, 0.2) is 0 Å². The van der Waals surface area contributed by atoms with E-state index in [0.717, 1.165) is 32.0 Å². The molecular weight excluding hydrogens is 312 g/mol. The van der Waals surface area contributed by atoms with Gasteiger partial charge in [0.25, 0.3) is 0 Å². The van der Waals surface area contributed by atoms with E-state index in [0.29, 0.717) is 12.0 Å². The molecule has 1 saturated carbocycles. The molecule has 0 atom stereocenters. The van der Waals surface area contributed by atoms with Gasteiger partial charge in [0.2, 0.25) is 0 Å². The fourth-order valence-corrected chi connectivity index (χ4v) is 3.83. The highest BCUT2D eigenvalue weighted by Crippen LogP contribution is 2.40. The first-order valence-electron chi connectivity index (χ1n) is 9.40. The van der Waals surface area contributed by atoms with Crippen molar-refractivity contribution in [1.82, 2.24) is 29.5 Å². The number of nitrogens with zero attached hydrogens (tertiary/aromatic N) is 6. The van der Waals surface area contributed by atoms with Crippen molar-refractivity contribution in [2.45, 2.75) is 50.7 Å². The minimum atomic E-state index is 0.553. The molecule has 1 aliphatic carbocycles. The summed E-state index contributed by atoms with van der Waals surface area (Å²) in [5.74, 6) is 2.93. The second-order valence-corrected chi connectivity index (χ2v) is 7.72. The van der Waals surface area contributed by atoms with E-state index >= 15 is 0 Å². The molecule has 6 heteroatoms. The van der Waals surface area contributed by atoms with Crippen molar-refractivity contribution in [3.05, 3.63) is 41.7 Å². The highest BCUT2D eigenvalue weighted by molar-refractivity contribution is 5.11. The molecule has 3 heterocycles. The van der Waals surface area contributed by atoms with Gasteiger partial charge in [-0.05, 0) is 70.6 Å². The van der Waals surface area contributed by atoms with Crippen LogP contribution in [0.5, 0.6) is 0 Å². The Morgan fingerprint density at radius 2 is 1.76 bits per heavy atom. The minimum Gasteiger partial charge on any atom is -0.311 e. The lowest BCUT2D eigenvalue weighted by Crippen LogP contribution is -2.33. The third-order valence-electron chi connectivity index (χ3n) is 5.27. The van der Waals surface area contributed by atoms with E-state index in [4.69, 9.17) is 0 Å². The molecule has 0 spiro atoms. The number of aromatic nitrogens is 4. The summed E-state index contributed by atoms with van der Waals surface area (Å²) < 4.78 is 2.46. The number of piperidine rings is 1. The normalized spacial score (nSPS) is 19.6. The lowest BCUT2D eigenvalue weighted by atomic mass is 9.95. The van der Waals surface area contributed by atoms with Crippen LogP contribution in [0.2, 0.25) is 0 Å². The van der Waals surface area contributed by atoms with E-state index in [1.54, 1.807) is 0 Å². The van der Waals surface area contributed by atoms with E-state index in [1.807, 2.05) is 12.4 Å². The van der Waals surface area contributed by atoms with Crippen molar-refractivity contribution >= 4 is 0 Å². The number of hydrogen-bond acceptors (Lipinski definition) is 5. The number of likely N-dealkylation sites (tertiary alicyclic amines) is 1. The van der Waals surface area contributed by atoms with Crippen molar-refractivity contribution < 1.29 is 0 Å². The van der Waals surface area contributed by atoms with Crippen LogP contribution in [0.15, 0.2) is 24.5 Å². The summed E-state index contributed by atoms with van der Waals surface area (Å²) in [7, 11) is 4.20. The summed E-state index contributed by atoms with van der Waals surface area (Å²) in [5.41, 5.74) is 1.35. The summed E-state index contributed by atoms with van der Waals surface area (Å²) in [5, 5.41) is 9.15. The summed E-state index contributed by atoms with van der Waals surface area (Å²) in [6.45, 7) is 4.17. The zero-order valence-corrected chi connectivity index (χ0v) is 15.3. The largest absolute Gasteiger partial charge is 0.311 e. The summed E-state index contributed by atoms with van der Waals surface area (Å²) in [6.07, 6.45) is 8.69. The van der Waals surface area contributed by atoms with Crippen LogP contribution in [0.25, 0.3) is 0 Å². The van der Waals surface area contributed by atoms with Crippen molar-refractivity contribution in [3.8, 4) is 0 Å². The van der Waals surface area contributed by atoms with Gasteiger partial charge in [0.05, 0.1) is 6.54 Å². The standard InChI is InChI=1S/C19H28N6/c1-23(2)14-18-21-22-19(25(18)17-3-4-17)16-7-11-24(12-8-16)13-15-5-9-20-10-6-15/h5-6,9-10,16-17H,3-4,7-8,11-14H2,1-2H3. The number of pyridine rings is 1. The van der Waals surface area contributed by atoms with Gasteiger partial charge in [-0.1, -0.05) is 0 Å². The predicted molar refractivity (Wildman–Crippen MR) is 97.2 cm³/mol. The molecular formula is C19H28N6. The molecule has 2 aromatic rings. The van der Waals surface area contributed by atoms with E-state index in [2.05, 4.69) is 55.8 Å². The molecule has 2 aromatic heterocycles. The SMILES string of the molecule is CN(C)Cc1nnc(C2CCN(Cc3ccncc3)CC2)n1C1CC1. The first kappa shape index (κ1) is 16.7. The molecule has 2 aliphatic rings. The van der Waals surface area contributed by atoms with Gasteiger partial charge in [0, 0.05) is 30.9 Å². The monoisotopic (exact) mass is 340 g/mol. The summed E-state index contributed by atoms with van der Waals surface area (Å²) in [4.78, 5) is 8.84. The Hall–Kier alpha value is -1.79. The van der Waals surface area contributed by atoms with Crippen LogP contribution in [0, 0.1) is 0 Å². The summed E-state index contributed by atoms with van der Waals surface area (Å²) in [6, 6.07) is 4.88. The van der Waals surface area contributed by atoms with Crippen molar-refractivity contribution in [2.75, 3.05) is 27.2 Å². The quantitative estimate of drug-likeness (QED) is 0.808. The van der Waals surface area contributed by atoms with E-state index in [1.165, 1.54) is 37.1 Å². The molecule has 0 N–H and O–H groups in total. The van der Waals surface area contributed by atoms with Gasteiger partial charge in [-0.15, -0.1) is 10.2 Å². The Kier molecular flexibility index (Phi) is 4.81. The van der Waals surface area contributed by atoms with E-state index in [9.17, 15) is 0 Å². The molecule has 1 saturated heterocycles. The molecule has 1 aliphatic heterocycles. The molecule has 2 fully saturated rings. The lowest BCUT2D eigenvalue weighted by molar-refractivity contribution is 0.199. The van der Waals surface area contributed by atoms with Gasteiger partial charge in [-0.3, -0.25) is 9.88 Å². The lowest BCUT2D eigenvalue weighted by Gasteiger charge is -2.31. The first-order valence-corrected chi connectivity index (χ1v) is 9.40. The third-order valence-corrected chi connectivity index (χ3v) is 5.27. The zero-order valence-electron chi connectivity index (χ0n) is 15.3. The highest BCUT2D eigenvalue weighted by atomic mass is 15.3. The Balaban J connectivity index is 1.41. The minimum absolute atomic E-state index is 0.553. The Morgan fingerprint density at radius 1 is 1.04 bits per heavy atom. The molecule has 0 unspecified atom stereocenters. The second kappa shape index (κ2) is 7.22. The van der Waals surface area contributed by atoms with Gasteiger partial charge < -0.3 is 9.47 Å². The maximum Gasteiger partial charge on any atom is 0.147 e. The Bertz CT molecular complexity index is 683. The molecule has 4 rings (SSSR count).